The van der Waals surface area contributed by atoms with Crippen LogP contribution in [-0.2, 0) is 4.74 Å². The van der Waals surface area contributed by atoms with Crippen LogP contribution < -0.4 is 5.32 Å². The van der Waals surface area contributed by atoms with Gasteiger partial charge in [0.2, 0.25) is 0 Å². The van der Waals surface area contributed by atoms with E-state index in [-0.39, 0.29) is 0 Å². The summed E-state index contributed by atoms with van der Waals surface area (Å²) in [6, 6.07) is 10.7. The van der Waals surface area contributed by atoms with Crippen LogP contribution in [0.15, 0.2) is 35.2 Å². The Morgan fingerprint density at radius 3 is 2.63 bits per heavy atom. The average Bonchev–Trinajstić information content (AvgIpc) is 2.47. The van der Waals surface area contributed by atoms with Crippen LogP contribution in [0.2, 0.25) is 0 Å². The van der Waals surface area contributed by atoms with Gasteiger partial charge in [-0.05, 0) is 49.1 Å². The standard InChI is InChI=1S/C16H25NOS/c1-2-17-14-16(8-11-18-12-9-16)10-13-19-15-6-4-3-5-7-15/h3-7,17H,2,8-14H2,1H3. The molecule has 0 saturated carbocycles. The molecule has 1 saturated heterocycles. The number of benzene rings is 1. The van der Waals surface area contributed by atoms with Crippen LogP contribution in [0.25, 0.3) is 0 Å². The number of thioether (sulfide) groups is 1. The van der Waals surface area contributed by atoms with E-state index >= 15 is 0 Å². The molecule has 0 unspecified atom stereocenters. The second-order valence-corrected chi connectivity index (χ2v) is 6.47. The first kappa shape index (κ1) is 14.9. The Hall–Kier alpha value is -0.510. The minimum Gasteiger partial charge on any atom is -0.381 e. The highest BCUT2D eigenvalue weighted by atomic mass is 32.2. The van der Waals surface area contributed by atoms with Crippen molar-refractivity contribution in [2.24, 2.45) is 5.41 Å². The van der Waals surface area contributed by atoms with E-state index in [1.807, 2.05) is 11.8 Å². The highest BCUT2D eigenvalue weighted by molar-refractivity contribution is 7.99. The fourth-order valence-corrected chi connectivity index (χ4v) is 3.73. The summed E-state index contributed by atoms with van der Waals surface area (Å²) in [5.41, 5.74) is 0.454. The maximum Gasteiger partial charge on any atom is 0.0471 e. The molecule has 2 rings (SSSR count). The topological polar surface area (TPSA) is 21.3 Å². The summed E-state index contributed by atoms with van der Waals surface area (Å²) < 4.78 is 5.53. The molecule has 0 atom stereocenters. The lowest BCUT2D eigenvalue weighted by atomic mass is 9.78. The Kier molecular flexibility index (Phi) is 6.21. The molecule has 106 valence electrons. The van der Waals surface area contributed by atoms with E-state index in [4.69, 9.17) is 4.74 Å². The summed E-state index contributed by atoms with van der Waals surface area (Å²) in [6.07, 6.45) is 3.69. The molecule has 0 bridgehead atoms. The maximum atomic E-state index is 5.53. The van der Waals surface area contributed by atoms with Crippen LogP contribution in [-0.4, -0.2) is 32.1 Å². The SMILES string of the molecule is CCNCC1(CCSc2ccccc2)CCOCC1. The molecule has 1 N–H and O–H groups in total. The van der Waals surface area contributed by atoms with Gasteiger partial charge in [0.05, 0.1) is 0 Å². The Balaban J connectivity index is 1.82. The van der Waals surface area contributed by atoms with Crippen LogP contribution in [0.5, 0.6) is 0 Å². The van der Waals surface area contributed by atoms with Gasteiger partial charge < -0.3 is 10.1 Å². The third-order valence-electron chi connectivity index (χ3n) is 3.95. The van der Waals surface area contributed by atoms with Gasteiger partial charge in [-0.1, -0.05) is 25.1 Å². The zero-order chi connectivity index (χ0) is 13.4. The van der Waals surface area contributed by atoms with Crippen LogP contribution in [0.4, 0.5) is 0 Å². The summed E-state index contributed by atoms with van der Waals surface area (Å²) >= 11 is 1.98. The first-order valence-electron chi connectivity index (χ1n) is 7.31. The lowest BCUT2D eigenvalue weighted by molar-refractivity contribution is 0.0137. The summed E-state index contributed by atoms with van der Waals surface area (Å²) in [5, 5.41) is 3.54. The molecule has 0 spiro atoms. The van der Waals surface area contributed by atoms with Crippen LogP contribution >= 0.6 is 11.8 Å². The van der Waals surface area contributed by atoms with Gasteiger partial charge in [-0.3, -0.25) is 0 Å². The first-order chi connectivity index (χ1) is 9.35. The second-order valence-electron chi connectivity index (χ2n) is 5.30. The summed E-state index contributed by atoms with van der Waals surface area (Å²) in [7, 11) is 0. The molecule has 2 nitrogen and oxygen atoms in total. The van der Waals surface area contributed by atoms with Crippen molar-refractivity contribution in [3.8, 4) is 0 Å². The van der Waals surface area contributed by atoms with Gasteiger partial charge in [0.1, 0.15) is 0 Å². The van der Waals surface area contributed by atoms with E-state index in [0.717, 1.165) is 26.3 Å². The van der Waals surface area contributed by atoms with E-state index in [9.17, 15) is 0 Å². The smallest absolute Gasteiger partial charge is 0.0471 e. The third-order valence-corrected chi connectivity index (χ3v) is 4.96. The Labute approximate surface area is 121 Å². The Morgan fingerprint density at radius 1 is 1.21 bits per heavy atom. The predicted octanol–water partition coefficient (Wildman–Crippen LogP) is 3.58. The second kappa shape index (κ2) is 7.93. The van der Waals surface area contributed by atoms with Gasteiger partial charge in [0, 0.05) is 24.7 Å². The van der Waals surface area contributed by atoms with Crippen molar-refractivity contribution in [3.05, 3.63) is 30.3 Å². The molecule has 1 fully saturated rings. The van der Waals surface area contributed by atoms with E-state index < -0.39 is 0 Å². The fraction of sp³-hybridized carbons (Fsp3) is 0.625. The zero-order valence-electron chi connectivity index (χ0n) is 11.9. The van der Waals surface area contributed by atoms with Crippen LogP contribution in [0.3, 0.4) is 0 Å². The molecule has 0 aromatic heterocycles. The molecule has 19 heavy (non-hydrogen) atoms. The van der Waals surface area contributed by atoms with Gasteiger partial charge in [-0.15, -0.1) is 11.8 Å². The number of nitrogens with one attached hydrogen (secondary N) is 1. The molecule has 3 heteroatoms. The Bertz CT molecular complexity index is 349. The monoisotopic (exact) mass is 279 g/mol. The largest absolute Gasteiger partial charge is 0.381 e. The molecule has 1 heterocycles. The number of hydrogen-bond acceptors (Lipinski definition) is 3. The quantitative estimate of drug-likeness (QED) is 0.771. The van der Waals surface area contributed by atoms with E-state index in [0.29, 0.717) is 5.41 Å². The minimum atomic E-state index is 0.454. The lowest BCUT2D eigenvalue weighted by Gasteiger charge is -2.37. The summed E-state index contributed by atoms with van der Waals surface area (Å²) in [6.45, 7) is 6.26. The first-order valence-corrected chi connectivity index (χ1v) is 8.29. The van der Waals surface area contributed by atoms with Gasteiger partial charge in [-0.25, -0.2) is 0 Å². The van der Waals surface area contributed by atoms with E-state index in [2.05, 4.69) is 42.6 Å². The van der Waals surface area contributed by atoms with Crippen LogP contribution in [0.1, 0.15) is 26.2 Å². The zero-order valence-corrected chi connectivity index (χ0v) is 12.7. The fourth-order valence-electron chi connectivity index (χ4n) is 2.61. The van der Waals surface area contributed by atoms with Crippen molar-refractivity contribution < 1.29 is 4.74 Å². The van der Waals surface area contributed by atoms with Crippen molar-refractivity contribution in [3.63, 3.8) is 0 Å². The summed E-state index contributed by atoms with van der Waals surface area (Å²) in [5.74, 6) is 1.20. The third kappa shape index (κ3) is 4.83. The van der Waals surface area contributed by atoms with Gasteiger partial charge in [0.25, 0.3) is 0 Å². The molecular weight excluding hydrogens is 254 g/mol. The van der Waals surface area contributed by atoms with Crippen molar-refractivity contribution in [2.45, 2.75) is 31.1 Å². The van der Waals surface area contributed by atoms with Crippen LogP contribution in [0, 0.1) is 5.41 Å². The Morgan fingerprint density at radius 2 is 1.95 bits per heavy atom. The maximum absolute atomic E-state index is 5.53. The van der Waals surface area contributed by atoms with Gasteiger partial charge >= 0.3 is 0 Å². The minimum absolute atomic E-state index is 0.454. The lowest BCUT2D eigenvalue weighted by Crippen LogP contribution is -2.39. The molecule has 1 aliphatic rings. The molecule has 1 aliphatic heterocycles. The molecule has 0 radical (unpaired) electrons. The molecule has 0 amide bonds. The van der Waals surface area contributed by atoms with Gasteiger partial charge in [0.15, 0.2) is 0 Å². The molecule has 1 aromatic rings. The highest BCUT2D eigenvalue weighted by Crippen LogP contribution is 2.35. The van der Waals surface area contributed by atoms with E-state index in [1.54, 1.807) is 0 Å². The normalized spacial score (nSPS) is 18.4. The number of rotatable bonds is 7. The van der Waals surface area contributed by atoms with Crippen molar-refractivity contribution in [2.75, 3.05) is 32.1 Å². The average molecular weight is 279 g/mol. The highest BCUT2D eigenvalue weighted by Gasteiger charge is 2.31. The van der Waals surface area contributed by atoms with Crippen molar-refractivity contribution in [1.82, 2.24) is 5.32 Å². The predicted molar refractivity (Wildman–Crippen MR) is 82.8 cm³/mol. The molecular formula is C16H25NOS. The number of ether oxygens (including phenoxy) is 1. The molecule has 1 aromatic carbocycles. The summed E-state index contributed by atoms with van der Waals surface area (Å²) in [4.78, 5) is 1.38. The van der Waals surface area contributed by atoms with Crippen molar-refractivity contribution in [1.29, 1.82) is 0 Å². The van der Waals surface area contributed by atoms with E-state index in [1.165, 1.54) is 29.9 Å². The number of hydrogen-bond donors (Lipinski definition) is 1. The van der Waals surface area contributed by atoms with Crippen molar-refractivity contribution >= 4 is 11.8 Å². The molecule has 0 aliphatic carbocycles. The van der Waals surface area contributed by atoms with Gasteiger partial charge in [-0.2, -0.15) is 0 Å².